The molecule has 0 saturated heterocycles. The SMILES string of the molecule is CC(ONC(=O)c1cc(C(F)(F)F)cc(C(F)(F)F)c1)C(=O)O. The van der Waals surface area contributed by atoms with Gasteiger partial charge in [0.1, 0.15) is 0 Å². The minimum absolute atomic E-state index is 0.141. The molecule has 128 valence electrons. The van der Waals surface area contributed by atoms with Crippen LogP contribution in [0.4, 0.5) is 26.3 Å². The highest BCUT2D eigenvalue weighted by Gasteiger charge is 2.37. The standard InChI is InChI=1S/C12H9F6NO4/c1-5(10(21)22)23-19-9(20)6-2-7(11(13,14)15)4-8(3-6)12(16,17)18/h2-5H,1H3,(H,19,20)(H,21,22). The van der Waals surface area contributed by atoms with Crippen LogP contribution in [0.5, 0.6) is 0 Å². The molecule has 0 bridgehead atoms. The van der Waals surface area contributed by atoms with Crippen molar-refractivity contribution in [3.05, 3.63) is 34.9 Å². The number of carbonyl (C=O) groups excluding carboxylic acids is 1. The molecular weight excluding hydrogens is 336 g/mol. The average molecular weight is 345 g/mol. The third kappa shape index (κ3) is 5.13. The van der Waals surface area contributed by atoms with Crippen molar-refractivity contribution >= 4 is 11.9 Å². The molecular formula is C12H9F6NO4. The zero-order valence-electron chi connectivity index (χ0n) is 11.2. The van der Waals surface area contributed by atoms with E-state index < -0.39 is 47.0 Å². The summed E-state index contributed by atoms with van der Waals surface area (Å²) in [6.07, 6.45) is -11.8. The molecule has 1 amide bonds. The lowest BCUT2D eigenvalue weighted by Gasteiger charge is -2.14. The van der Waals surface area contributed by atoms with Crippen LogP contribution < -0.4 is 5.48 Å². The molecule has 0 aliphatic carbocycles. The Bertz CT molecular complexity index is 578. The van der Waals surface area contributed by atoms with Crippen LogP contribution in [0, 0.1) is 0 Å². The lowest BCUT2D eigenvalue weighted by Crippen LogP contribution is -2.32. The lowest BCUT2D eigenvalue weighted by molar-refractivity contribution is -0.152. The fourth-order valence-electron chi connectivity index (χ4n) is 1.34. The number of benzene rings is 1. The number of hydrogen-bond donors (Lipinski definition) is 2. The van der Waals surface area contributed by atoms with Gasteiger partial charge in [-0.3, -0.25) is 9.63 Å². The van der Waals surface area contributed by atoms with E-state index in [0.29, 0.717) is 0 Å². The molecule has 5 nitrogen and oxygen atoms in total. The summed E-state index contributed by atoms with van der Waals surface area (Å²) in [5, 5.41) is 8.49. The Balaban J connectivity index is 3.15. The molecule has 0 spiro atoms. The van der Waals surface area contributed by atoms with Crippen LogP contribution in [0.15, 0.2) is 18.2 Å². The summed E-state index contributed by atoms with van der Waals surface area (Å²) in [5.41, 5.74) is -2.85. The van der Waals surface area contributed by atoms with Gasteiger partial charge in [0.2, 0.25) is 0 Å². The fraction of sp³-hybridized carbons (Fsp3) is 0.333. The van der Waals surface area contributed by atoms with E-state index in [9.17, 15) is 35.9 Å². The van der Waals surface area contributed by atoms with E-state index in [2.05, 4.69) is 4.84 Å². The Labute approximate surface area is 124 Å². The van der Waals surface area contributed by atoms with Crippen LogP contribution in [0.25, 0.3) is 0 Å². The van der Waals surface area contributed by atoms with Gasteiger partial charge in [-0.05, 0) is 25.1 Å². The summed E-state index contributed by atoms with van der Waals surface area (Å²) in [4.78, 5) is 26.3. The van der Waals surface area contributed by atoms with E-state index in [1.807, 2.05) is 0 Å². The van der Waals surface area contributed by atoms with E-state index in [0.717, 1.165) is 6.92 Å². The van der Waals surface area contributed by atoms with Crippen molar-refractivity contribution in [3.8, 4) is 0 Å². The van der Waals surface area contributed by atoms with Crippen molar-refractivity contribution < 1.29 is 45.9 Å². The molecule has 1 aromatic rings. The van der Waals surface area contributed by atoms with Crippen LogP contribution in [0.3, 0.4) is 0 Å². The number of hydroxylamine groups is 1. The summed E-state index contributed by atoms with van der Waals surface area (Å²) in [7, 11) is 0. The molecule has 0 fully saturated rings. The van der Waals surface area contributed by atoms with Gasteiger partial charge in [0.05, 0.1) is 11.1 Å². The van der Waals surface area contributed by atoms with Crippen molar-refractivity contribution in [2.45, 2.75) is 25.4 Å². The summed E-state index contributed by atoms with van der Waals surface area (Å²) in [6.45, 7) is 0.996. The van der Waals surface area contributed by atoms with E-state index in [1.54, 1.807) is 0 Å². The highest BCUT2D eigenvalue weighted by atomic mass is 19.4. The summed E-state index contributed by atoms with van der Waals surface area (Å²) < 4.78 is 75.7. The third-order valence-corrected chi connectivity index (χ3v) is 2.53. The van der Waals surface area contributed by atoms with E-state index in [-0.39, 0.29) is 18.2 Å². The second-order valence-corrected chi connectivity index (χ2v) is 4.32. The first kappa shape index (κ1) is 18.7. The van der Waals surface area contributed by atoms with Gasteiger partial charge in [0.15, 0.2) is 6.10 Å². The van der Waals surface area contributed by atoms with Gasteiger partial charge in [0.25, 0.3) is 5.91 Å². The van der Waals surface area contributed by atoms with Crippen molar-refractivity contribution in [1.29, 1.82) is 0 Å². The normalized spacial score (nSPS) is 13.5. The summed E-state index contributed by atoms with van der Waals surface area (Å²) >= 11 is 0. The Morgan fingerprint density at radius 1 is 1.04 bits per heavy atom. The zero-order chi connectivity index (χ0) is 18.0. The second-order valence-electron chi connectivity index (χ2n) is 4.32. The first-order chi connectivity index (χ1) is 10.3. The van der Waals surface area contributed by atoms with Gasteiger partial charge < -0.3 is 5.11 Å². The first-order valence-electron chi connectivity index (χ1n) is 5.80. The number of carbonyl (C=O) groups is 2. The van der Waals surface area contributed by atoms with Gasteiger partial charge >= 0.3 is 18.3 Å². The predicted octanol–water partition coefficient (Wildman–Crippen LogP) is 2.86. The molecule has 1 rings (SSSR count). The second kappa shape index (κ2) is 6.44. The molecule has 1 aromatic carbocycles. The van der Waals surface area contributed by atoms with E-state index in [1.165, 1.54) is 5.48 Å². The first-order valence-corrected chi connectivity index (χ1v) is 5.80. The maximum absolute atomic E-state index is 12.6. The molecule has 0 aromatic heterocycles. The van der Waals surface area contributed by atoms with Gasteiger partial charge in [-0.2, -0.15) is 26.3 Å². The number of amides is 1. The topological polar surface area (TPSA) is 75.6 Å². The van der Waals surface area contributed by atoms with Crippen molar-refractivity contribution in [2.24, 2.45) is 0 Å². The molecule has 11 heteroatoms. The molecule has 2 N–H and O–H groups in total. The smallest absolute Gasteiger partial charge is 0.416 e. The van der Waals surface area contributed by atoms with Gasteiger partial charge in [-0.25, -0.2) is 10.3 Å². The predicted molar refractivity (Wildman–Crippen MR) is 62.1 cm³/mol. The molecule has 0 saturated carbocycles. The largest absolute Gasteiger partial charge is 0.479 e. The summed E-state index contributed by atoms with van der Waals surface area (Å²) in [6, 6.07) is 0.246. The van der Waals surface area contributed by atoms with Gasteiger partial charge in [-0.15, -0.1) is 0 Å². The number of hydrogen-bond acceptors (Lipinski definition) is 3. The maximum atomic E-state index is 12.6. The number of carboxylic acid groups (broad SMARTS) is 1. The van der Waals surface area contributed by atoms with Crippen LogP contribution in [-0.2, 0) is 22.0 Å². The number of nitrogens with one attached hydrogen (secondary N) is 1. The maximum Gasteiger partial charge on any atom is 0.416 e. The monoisotopic (exact) mass is 345 g/mol. The minimum Gasteiger partial charge on any atom is -0.479 e. The Morgan fingerprint density at radius 2 is 1.48 bits per heavy atom. The molecule has 1 unspecified atom stereocenters. The number of rotatable bonds is 4. The Hall–Kier alpha value is -2.30. The number of carboxylic acids is 1. The molecule has 0 heterocycles. The minimum atomic E-state index is -5.11. The van der Waals surface area contributed by atoms with Gasteiger partial charge in [-0.1, -0.05) is 0 Å². The molecule has 0 radical (unpaired) electrons. The van der Waals surface area contributed by atoms with E-state index >= 15 is 0 Å². The van der Waals surface area contributed by atoms with Crippen molar-refractivity contribution in [2.75, 3.05) is 0 Å². The van der Waals surface area contributed by atoms with Crippen LogP contribution in [0.1, 0.15) is 28.4 Å². The van der Waals surface area contributed by atoms with Crippen molar-refractivity contribution in [3.63, 3.8) is 0 Å². The highest BCUT2D eigenvalue weighted by molar-refractivity contribution is 5.94. The number of halogens is 6. The number of aliphatic carboxylic acids is 1. The number of alkyl halides is 6. The zero-order valence-corrected chi connectivity index (χ0v) is 11.2. The van der Waals surface area contributed by atoms with E-state index in [4.69, 9.17) is 5.11 Å². The van der Waals surface area contributed by atoms with Crippen LogP contribution in [-0.4, -0.2) is 23.1 Å². The molecule has 1 atom stereocenters. The molecule has 0 aliphatic heterocycles. The van der Waals surface area contributed by atoms with Crippen molar-refractivity contribution in [1.82, 2.24) is 5.48 Å². The fourth-order valence-corrected chi connectivity index (χ4v) is 1.34. The van der Waals surface area contributed by atoms with Crippen LogP contribution in [0.2, 0.25) is 0 Å². The Kier molecular flexibility index (Phi) is 5.25. The van der Waals surface area contributed by atoms with Gasteiger partial charge in [0, 0.05) is 5.56 Å². The molecule has 23 heavy (non-hydrogen) atoms. The lowest BCUT2D eigenvalue weighted by atomic mass is 10.0. The quantitative estimate of drug-likeness (QED) is 0.650. The average Bonchev–Trinajstić information content (AvgIpc) is 2.41. The summed E-state index contributed by atoms with van der Waals surface area (Å²) in [5.74, 6) is -2.94. The van der Waals surface area contributed by atoms with Crippen LogP contribution >= 0.6 is 0 Å². The molecule has 0 aliphatic rings. The highest BCUT2D eigenvalue weighted by Crippen LogP contribution is 2.36. The third-order valence-electron chi connectivity index (χ3n) is 2.53. The Morgan fingerprint density at radius 3 is 1.83 bits per heavy atom.